The van der Waals surface area contributed by atoms with E-state index in [1.807, 2.05) is 0 Å². The summed E-state index contributed by atoms with van der Waals surface area (Å²) in [5.41, 5.74) is 1.94. The maximum Gasteiger partial charge on any atom is 0.178 e. The largest absolute Gasteiger partial charge is 0.295 e. The molecule has 0 N–H and O–H groups in total. The van der Waals surface area contributed by atoms with Crippen LogP contribution in [0.2, 0.25) is 0 Å². The first-order valence-electron chi connectivity index (χ1n) is 4.38. The number of hydrogen-bond donors (Lipinski definition) is 0. The summed E-state index contributed by atoms with van der Waals surface area (Å²) in [7, 11) is 0. The van der Waals surface area contributed by atoms with Crippen molar-refractivity contribution in [1.29, 1.82) is 0 Å². The third-order valence-corrected chi connectivity index (χ3v) is 2.86. The van der Waals surface area contributed by atoms with Gasteiger partial charge in [0.05, 0.1) is 5.69 Å². The van der Waals surface area contributed by atoms with Crippen LogP contribution >= 0.6 is 11.3 Å². The van der Waals surface area contributed by atoms with Crippen LogP contribution in [-0.2, 0) is 0 Å². The number of nitrogens with zero attached hydrogens (tertiary/aromatic N) is 1. The van der Waals surface area contributed by atoms with Crippen LogP contribution in [0.1, 0.15) is 15.4 Å². The first-order valence-corrected chi connectivity index (χ1v) is 5.26. The minimum absolute atomic E-state index is 0.256. The number of halogens is 1. The molecule has 0 aliphatic heterocycles. The monoisotopic (exact) mass is 221 g/mol. The van der Waals surface area contributed by atoms with Gasteiger partial charge in [-0.25, -0.2) is 9.37 Å². The van der Waals surface area contributed by atoms with E-state index in [0.717, 1.165) is 0 Å². The van der Waals surface area contributed by atoms with Gasteiger partial charge in [0.1, 0.15) is 5.82 Å². The van der Waals surface area contributed by atoms with Crippen LogP contribution in [0.3, 0.4) is 0 Å². The molecular weight excluding hydrogens is 213 g/mol. The van der Waals surface area contributed by atoms with Crippen LogP contribution in [-0.4, -0.2) is 11.3 Å². The first kappa shape index (κ1) is 9.98. The average Bonchev–Trinajstić information content (AvgIpc) is 2.70. The molecule has 0 amide bonds. The van der Waals surface area contributed by atoms with E-state index in [0.29, 0.717) is 28.1 Å². The van der Waals surface area contributed by atoms with Crippen molar-refractivity contribution in [2.75, 3.05) is 0 Å². The summed E-state index contributed by atoms with van der Waals surface area (Å²) in [5.74, 6) is -0.256. The number of benzene rings is 1. The number of carbonyl (C=O) groups is 1. The normalized spacial score (nSPS) is 10.3. The van der Waals surface area contributed by atoms with Gasteiger partial charge in [-0.05, 0) is 18.6 Å². The van der Waals surface area contributed by atoms with E-state index in [9.17, 15) is 9.18 Å². The van der Waals surface area contributed by atoms with Gasteiger partial charge in [0.2, 0.25) is 0 Å². The van der Waals surface area contributed by atoms with Crippen LogP contribution < -0.4 is 0 Å². The summed E-state index contributed by atoms with van der Waals surface area (Å²) in [4.78, 5) is 14.5. The molecule has 1 aromatic heterocycles. The Kier molecular flexibility index (Phi) is 2.60. The second-order valence-electron chi connectivity index (χ2n) is 3.15. The van der Waals surface area contributed by atoms with Crippen molar-refractivity contribution < 1.29 is 9.18 Å². The number of aryl methyl sites for hydroxylation is 1. The van der Waals surface area contributed by atoms with Crippen LogP contribution in [0.25, 0.3) is 11.3 Å². The molecular formula is C11H8FNOS. The Morgan fingerprint density at radius 2 is 2.27 bits per heavy atom. The minimum atomic E-state index is -0.256. The molecule has 1 aromatic carbocycles. The topological polar surface area (TPSA) is 30.0 Å². The highest BCUT2D eigenvalue weighted by Crippen LogP contribution is 2.22. The van der Waals surface area contributed by atoms with Crippen LogP contribution in [0.15, 0.2) is 23.6 Å². The summed E-state index contributed by atoms with van der Waals surface area (Å²) in [6, 6.07) is 4.92. The molecule has 0 bridgehead atoms. The molecule has 76 valence electrons. The highest BCUT2D eigenvalue weighted by molar-refractivity contribution is 7.11. The Morgan fingerprint density at radius 1 is 1.47 bits per heavy atom. The molecule has 0 unspecified atom stereocenters. The summed E-state index contributed by atoms with van der Waals surface area (Å²) in [5, 5.41) is 2.15. The maximum atomic E-state index is 13.3. The van der Waals surface area contributed by atoms with Crippen molar-refractivity contribution >= 4 is 17.6 Å². The molecule has 0 atom stereocenters. The molecule has 2 nitrogen and oxygen atoms in total. The molecule has 0 aliphatic rings. The second kappa shape index (κ2) is 3.90. The van der Waals surface area contributed by atoms with Crippen molar-refractivity contribution in [2.24, 2.45) is 0 Å². The molecule has 2 rings (SSSR count). The van der Waals surface area contributed by atoms with E-state index in [1.165, 1.54) is 17.4 Å². The number of aromatic nitrogens is 1. The number of thiazole rings is 1. The summed E-state index contributed by atoms with van der Waals surface area (Å²) < 4.78 is 13.3. The van der Waals surface area contributed by atoms with E-state index in [4.69, 9.17) is 0 Å². The predicted molar refractivity (Wildman–Crippen MR) is 57.6 cm³/mol. The van der Waals surface area contributed by atoms with Gasteiger partial charge < -0.3 is 0 Å². The summed E-state index contributed by atoms with van der Waals surface area (Å²) in [6.45, 7) is 1.71. The Hall–Kier alpha value is -1.55. The third kappa shape index (κ3) is 1.94. The van der Waals surface area contributed by atoms with Crippen LogP contribution in [0, 0.1) is 12.7 Å². The van der Waals surface area contributed by atoms with E-state index < -0.39 is 0 Å². The van der Waals surface area contributed by atoms with Crippen molar-refractivity contribution in [2.45, 2.75) is 6.92 Å². The van der Waals surface area contributed by atoms with E-state index in [2.05, 4.69) is 4.98 Å². The molecule has 2 aromatic rings. The SMILES string of the molecule is Cc1ccc(-c2csc(C=O)n2)cc1F. The van der Waals surface area contributed by atoms with Crippen molar-refractivity contribution in [3.63, 3.8) is 0 Å². The zero-order valence-corrected chi connectivity index (χ0v) is 8.84. The fourth-order valence-electron chi connectivity index (χ4n) is 1.23. The van der Waals surface area contributed by atoms with Gasteiger partial charge in [-0.3, -0.25) is 4.79 Å². The Labute approximate surface area is 90.4 Å². The van der Waals surface area contributed by atoms with E-state index in [-0.39, 0.29) is 5.82 Å². The molecule has 1 heterocycles. The van der Waals surface area contributed by atoms with Crippen molar-refractivity contribution in [3.05, 3.63) is 40.0 Å². The zero-order chi connectivity index (χ0) is 10.8. The molecule has 4 heteroatoms. The molecule has 0 aliphatic carbocycles. The van der Waals surface area contributed by atoms with E-state index in [1.54, 1.807) is 24.4 Å². The quantitative estimate of drug-likeness (QED) is 0.729. The lowest BCUT2D eigenvalue weighted by atomic mass is 10.1. The smallest absolute Gasteiger partial charge is 0.178 e. The standard InChI is InChI=1S/C11H8FNOS/c1-7-2-3-8(4-9(7)12)10-6-15-11(5-14)13-10/h2-6H,1H3. The number of aldehydes is 1. The lowest BCUT2D eigenvalue weighted by molar-refractivity contribution is 0.112. The lowest BCUT2D eigenvalue weighted by Crippen LogP contribution is -1.85. The van der Waals surface area contributed by atoms with Gasteiger partial charge in [0.25, 0.3) is 0 Å². The molecule has 0 spiro atoms. The fraction of sp³-hybridized carbons (Fsp3) is 0.0909. The number of rotatable bonds is 2. The highest BCUT2D eigenvalue weighted by atomic mass is 32.1. The van der Waals surface area contributed by atoms with Gasteiger partial charge in [-0.2, -0.15) is 0 Å². The highest BCUT2D eigenvalue weighted by Gasteiger charge is 2.05. The van der Waals surface area contributed by atoms with Crippen LogP contribution in [0.4, 0.5) is 4.39 Å². The van der Waals surface area contributed by atoms with E-state index >= 15 is 0 Å². The van der Waals surface area contributed by atoms with Crippen LogP contribution in [0.5, 0.6) is 0 Å². The van der Waals surface area contributed by atoms with Crippen molar-refractivity contribution in [3.8, 4) is 11.3 Å². The molecule has 0 fully saturated rings. The Morgan fingerprint density at radius 3 is 2.87 bits per heavy atom. The minimum Gasteiger partial charge on any atom is -0.295 e. The second-order valence-corrected chi connectivity index (χ2v) is 4.04. The zero-order valence-electron chi connectivity index (χ0n) is 8.03. The number of hydrogen-bond acceptors (Lipinski definition) is 3. The summed E-state index contributed by atoms with van der Waals surface area (Å²) in [6.07, 6.45) is 0.693. The fourth-order valence-corrected chi connectivity index (χ4v) is 1.85. The molecule has 15 heavy (non-hydrogen) atoms. The lowest BCUT2D eigenvalue weighted by Gasteiger charge is -1.99. The number of carbonyl (C=O) groups excluding carboxylic acids is 1. The maximum absolute atomic E-state index is 13.3. The van der Waals surface area contributed by atoms with Crippen molar-refractivity contribution in [1.82, 2.24) is 4.98 Å². The molecule has 0 radical (unpaired) electrons. The predicted octanol–water partition coefficient (Wildman–Crippen LogP) is 3.07. The van der Waals surface area contributed by atoms with Gasteiger partial charge in [0.15, 0.2) is 11.3 Å². The average molecular weight is 221 g/mol. The third-order valence-electron chi connectivity index (χ3n) is 2.09. The van der Waals surface area contributed by atoms with Gasteiger partial charge in [0, 0.05) is 10.9 Å². The molecule has 0 saturated carbocycles. The van der Waals surface area contributed by atoms with Gasteiger partial charge in [-0.15, -0.1) is 11.3 Å². The Bertz CT molecular complexity index is 507. The first-order chi connectivity index (χ1) is 7.20. The Balaban J connectivity index is 2.44. The van der Waals surface area contributed by atoms with Gasteiger partial charge >= 0.3 is 0 Å². The summed E-state index contributed by atoms with van der Waals surface area (Å²) >= 11 is 1.25. The molecule has 0 saturated heterocycles. The van der Waals surface area contributed by atoms with Gasteiger partial charge in [-0.1, -0.05) is 12.1 Å².